The van der Waals surface area contributed by atoms with E-state index in [0.29, 0.717) is 6.04 Å². The van der Waals surface area contributed by atoms with Crippen molar-refractivity contribution in [1.29, 1.82) is 0 Å². The van der Waals surface area contributed by atoms with Crippen LogP contribution in [-0.2, 0) is 6.54 Å². The molecular formula is C15H14BrNOS. The lowest BCUT2D eigenvalue weighted by molar-refractivity contribution is 0.112. The predicted octanol–water partition coefficient (Wildman–Crippen LogP) is 4.49. The second-order valence-electron chi connectivity index (χ2n) is 4.81. The number of benzene rings is 1. The molecule has 0 aliphatic heterocycles. The fourth-order valence-corrected chi connectivity index (χ4v) is 3.25. The quantitative estimate of drug-likeness (QED) is 0.750. The molecule has 1 saturated carbocycles. The molecule has 0 radical (unpaired) electrons. The summed E-state index contributed by atoms with van der Waals surface area (Å²) in [6.07, 6.45) is 3.38. The van der Waals surface area contributed by atoms with Crippen molar-refractivity contribution in [2.75, 3.05) is 4.90 Å². The van der Waals surface area contributed by atoms with Crippen LogP contribution in [0.2, 0.25) is 0 Å². The molecule has 2 nitrogen and oxygen atoms in total. The molecule has 1 fully saturated rings. The number of carbonyl (C=O) groups excluding carboxylic acids is 1. The highest BCUT2D eigenvalue weighted by Gasteiger charge is 2.30. The van der Waals surface area contributed by atoms with E-state index in [4.69, 9.17) is 0 Å². The Hall–Kier alpha value is -1.13. The van der Waals surface area contributed by atoms with E-state index in [9.17, 15) is 4.79 Å². The maximum Gasteiger partial charge on any atom is 0.152 e. The first-order valence-corrected chi connectivity index (χ1v) is 8.04. The van der Waals surface area contributed by atoms with Crippen LogP contribution in [-0.4, -0.2) is 12.3 Å². The van der Waals surface area contributed by atoms with Gasteiger partial charge in [0.05, 0.1) is 0 Å². The second kappa shape index (κ2) is 5.47. The summed E-state index contributed by atoms with van der Waals surface area (Å²) in [5.74, 6) is 0. The highest BCUT2D eigenvalue weighted by atomic mass is 79.9. The number of thiophene rings is 1. The van der Waals surface area contributed by atoms with Crippen molar-refractivity contribution in [3.05, 3.63) is 50.6 Å². The van der Waals surface area contributed by atoms with Crippen LogP contribution in [0.5, 0.6) is 0 Å². The highest BCUT2D eigenvalue weighted by molar-refractivity contribution is 9.10. The standard InChI is InChI=1S/C15H14BrNOS/c16-13-2-1-12(9-18)15(7-13)17(14-3-4-14)8-11-5-6-19-10-11/h1-2,5-7,9-10,14H,3-4,8H2. The Morgan fingerprint density at radius 2 is 2.21 bits per heavy atom. The van der Waals surface area contributed by atoms with Crippen molar-refractivity contribution >= 4 is 39.2 Å². The van der Waals surface area contributed by atoms with Gasteiger partial charge in [0.15, 0.2) is 6.29 Å². The molecule has 1 aromatic carbocycles. The van der Waals surface area contributed by atoms with Crippen molar-refractivity contribution in [2.45, 2.75) is 25.4 Å². The monoisotopic (exact) mass is 335 g/mol. The third kappa shape index (κ3) is 2.90. The summed E-state index contributed by atoms with van der Waals surface area (Å²) in [6.45, 7) is 0.880. The molecule has 0 N–H and O–H groups in total. The smallest absolute Gasteiger partial charge is 0.152 e. The van der Waals surface area contributed by atoms with E-state index in [1.807, 2.05) is 12.1 Å². The van der Waals surface area contributed by atoms with Crippen LogP contribution in [0.4, 0.5) is 5.69 Å². The molecule has 3 rings (SSSR count). The van der Waals surface area contributed by atoms with Gasteiger partial charge in [0.25, 0.3) is 0 Å². The molecule has 1 aliphatic carbocycles. The van der Waals surface area contributed by atoms with Crippen molar-refractivity contribution < 1.29 is 4.79 Å². The molecule has 0 bridgehead atoms. The Kier molecular flexibility index (Phi) is 3.71. The Morgan fingerprint density at radius 3 is 2.84 bits per heavy atom. The maximum atomic E-state index is 11.2. The van der Waals surface area contributed by atoms with Gasteiger partial charge in [0.2, 0.25) is 0 Å². The number of hydrogen-bond acceptors (Lipinski definition) is 3. The molecule has 1 heterocycles. The molecule has 19 heavy (non-hydrogen) atoms. The van der Waals surface area contributed by atoms with Crippen LogP contribution in [0.25, 0.3) is 0 Å². The summed E-state index contributed by atoms with van der Waals surface area (Å²) in [5, 5.41) is 4.27. The molecular weight excluding hydrogens is 322 g/mol. The lowest BCUT2D eigenvalue weighted by Gasteiger charge is -2.26. The average Bonchev–Trinajstić information content (AvgIpc) is 3.13. The zero-order valence-corrected chi connectivity index (χ0v) is 12.8. The summed E-state index contributed by atoms with van der Waals surface area (Å²) >= 11 is 5.22. The molecule has 0 amide bonds. The molecule has 98 valence electrons. The Morgan fingerprint density at radius 1 is 1.37 bits per heavy atom. The molecule has 0 spiro atoms. The lowest BCUT2D eigenvalue weighted by atomic mass is 10.1. The van der Waals surface area contributed by atoms with E-state index in [0.717, 1.165) is 28.6 Å². The number of rotatable bonds is 5. The van der Waals surface area contributed by atoms with Gasteiger partial charge in [-0.05, 0) is 53.4 Å². The molecule has 4 heteroatoms. The third-order valence-corrected chi connectivity index (χ3v) is 4.57. The van der Waals surface area contributed by atoms with Gasteiger partial charge in [-0.2, -0.15) is 11.3 Å². The minimum absolute atomic E-state index is 0.577. The zero-order chi connectivity index (χ0) is 13.2. The van der Waals surface area contributed by atoms with E-state index in [1.54, 1.807) is 11.3 Å². The number of nitrogens with zero attached hydrogens (tertiary/aromatic N) is 1. The Balaban J connectivity index is 1.95. The van der Waals surface area contributed by atoms with E-state index >= 15 is 0 Å². The van der Waals surface area contributed by atoms with Crippen LogP contribution in [0.1, 0.15) is 28.8 Å². The number of aldehydes is 1. The van der Waals surface area contributed by atoms with E-state index < -0.39 is 0 Å². The van der Waals surface area contributed by atoms with Gasteiger partial charge in [-0.25, -0.2) is 0 Å². The van der Waals surface area contributed by atoms with E-state index in [2.05, 4.69) is 43.7 Å². The van der Waals surface area contributed by atoms with Crippen LogP contribution in [0.3, 0.4) is 0 Å². The van der Waals surface area contributed by atoms with Crippen molar-refractivity contribution in [3.63, 3.8) is 0 Å². The SMILES string of the molecule is O=Cc1ccc(Br)cc1N(Cc1ccsc1)C1CC1. The van der Waals surface area contributed by atoms with Gasteiger partial charge in [0.1, 0.15) is 0 Å². The van der Waals surface area contributed by atoms with Crippen LogP contribution in [0, 0.1) is 0 Å². The van der Waals surface area contributed by atoms with Gasteiger partial charge in [-0.1, -0.05) is 15.9 Å². The van der Waals surface area contributed by atoms with Gasteiger partial charge < -0.3 is 4.90 Å². The summed E-state index contributed by atoms with van der Waals surface area (Å²) in [6, 6.07) is 8.58. The topological polar surface area (TPSA) is 20.3 Å². The fraction of sp³-hybridized carbons (Fsp3) is 0.267. The first-order chi connectivity index (χ1) is 9.28. The third-order valence-electron chi connectivity index (χ3n) is 3.35. The highest BCUT2D eigenvalue weighted by Crippen LogP contribution is 2.36. The first-order valence-electron chi connectivity index (χ1n) is 6.30. The molecule has 2 aromatic rings. The van der Waals surface area contributed by atoms with Crippen LogP contribution < -0.4 is 4.90 Å². The fourth-order valence-electron chi connectivity index (χ4n) is 2.24. The normalized spacial score (nSPS) is 14.4. The molecule has 0 unspecified atom stereocenters. The molecule has 1 aliphatic rings. The summed E-state index contributed by atoms with van der Waals surface area (Å²) in [5.41, 5.74) is 3.12. The van der Waals surface area contributed by atoms with Crippen LogP contribution in [0.15, 0.2) is 39.5 Å². The van der Waals surface area contributed by atoms with Gasteiger partial charge >= 0.3 is 0 Å². The minimum atomic E-state index is 0.577. The average molecular weight is 336 g/mol. The van der Waals surface area contributed by atoms with Crippen molar-refractivity contribution in [3.8, 4) is 0 Å². The molecule has 0 saturated heterocycles. The Labute approximate surface area is 125 Å². The number of carbonyl (C=O) groups is 1. The van der Waals surface area contributed by atoms with Gasteiger partial charge in [-0.15, -0.1) is 0 Å². The van der Waals surface area contributed by atoms with Crippen LogP contribution >= 0.6 is 27.3 Å². The first kappa shape index (κ1) is 12.9. The number of hydrogen-bond donors (Lipinski definition) is 0. The largest absolute Gasteiger partial charge is 0.364 e. The van der Waals surface area contributed by atoms with E-state index in [1.165, 1.54) is 18.4 Å². The number of halogens is 1. The predicted molar refractivity (Wildman–Crippen MR) is 83.1 cm³/mol. The van der Waals surface area contributed by atoms with Gasteiger partial charge in [-0.3, -0.25) is 4.79 Å². The summed E-state index contributed by atoms with van der Waals surface area (Å²) in [7, 11) is 0. The molecule has 1 aromatic heterocycles. The summed E-state index contributed by atoms with van der Waals surface area (Å²) < 4.78 is 1.02. The van der Waals surface area contributed by atoms with E-state index in [-0.39, 0.29) is 0 Å². The summed E-state index contributed by atoms with van der Waals surface area (Å²) in [4.78, 5) is 13.6. The molecule has 0 atom stereocenters. The maximum absolute atomic E-state index is 11.2. The second-order valence-corrected chi connectivity index (χ2v) is 6.51. The Bertz CT molecular complexity index is 578. The van der Waals surface area contributed by atoms with Gasteiger partial charge in [0, 0.05) is 28.3 Å². The van der Waals surface area contributed by atoms with Crippen molar-refractivity contribution in [1.82, 2.24) is 0 Å². The number of anilines is 1. The minimum Gasteiger partial charge on any atom is -0.364 e. The zero-order valence-electron chi connectivity index (χ0n) is 10.4. The van der Waals surface area contributed by atoms with Crippen molar-refractivity contribution in [2.24, 2.45) is 0 Å². The lowest BCUT2D eigenvalue weighted by Crippen LogP contribution is -2.25.